The van der Waals surface area contributed by atoms with E-state index < -0.39 is 23.5 Å². The van der Waals surface area contributed by atoms with E-state index in [1.807, 2.05) is 6.07 Å². The highest BCUT2D eigenvalue weighted by molar-refractivity contribution is 6.42. The van der Waals surface area contributed by atoms with Gasteiger partial charge >= 0.3 is 12.4 Å². The predicted octanol–water partition coefficient (Wildman–Crippen LogP) is 8.66. The zero-order valence-electron chi connectivity index (χ0n) is 20.3. The van der Waals surface area contributed by atoms with Crippen molar-refractivity contribution in [3.8, 4) is 0 Å². The van der Waals surface area contributed by atoms with Crippen LogP contribution in [0.1, 0.15) is 66.8 Å². The van der Waals surface area contributed by atoms with Crippen LogP contribution in [0.4, 0.5) is 26.3 Å². The molecule has 1 aliphatic carbocycles. The quantitative estimate of drug-likeness (QED) is 0.323. The van der Waals surface area contributed by atoms with E-state index in [-0.39, 0.29) is 24.1 Å². The lowest BCUT2D eigenvalue weighted by Crippen LogP contribution is -2.51. The maximum atomic E-state index is 13.4. The fourth-order valence-electron chi connectivity index (χ4n) is 5.64. The van der Waals surface area contributed by atoms with Crippen LogP contribution in [-0.4, -0.2) is 42.0 Å². The molecule has 1 heterocycles. The van der Waals surface area contributed by atoms with E-state index in [9.17, 15) is 26.3 Å². The zero-order valence-corrected chi connectivity index (χ0v) is 21.8. The zero-order chi connectivity index (χ0) is 26.8. The first-order valence-electron chi connectivity index (χ1n) is 12.6. The molecule has 1 aliphatic heterocycles. The molecule has 2 aromatic carbocycles. The van der Waals surface area contributed by atoms with Gasteiger partial charge < -0.3 is 0 Å². The smallest absolute Gasteiger partial charge is 0.298 e. The molecule has 0 spiro atoms. The van der Waals surface area contributed by atoms with Crippen molar-refractivity contribution in [1.82, 2.24) is 9.80 Å². The van der Waals surface area contributed by atoms with E-state index in [0.717, 1.165) is 43.9 Å². The molecule has 2 aliphatic rings. The Hall–Kier alpha value is -1.48. The molecular weight excluding hydrogens is 537 g/mol. The topological polar surface area (TPSA) is 6.48 Å². The minimum atomic E-state index is -4.87. The van der Waals surface area contributed by atoms with Gasteiger partial charge in [0.15, 0.2) is 0 Å². The largest absolute Gasteiger partial charge is 0.416 e. The summed E-state index contributed by atoms with van der Waals surface area (Å²) in [7, 11) is 0. The number of hydrogen-bond acceptors (Lipinski definition) is 2. The molecule has 0 bridgehead atoms. The summed E-state index contributed by atoms with van der Waals surface area (Å²) in [4.78, 5) is 4.74. The second-order valence-corrected chi connectivity index (χ2v) is 10.8. The number of alkyl halides is 6. The SMILES string of the molecule is FC(F)(F)c1cc(CCC(c2cccc(Cl)c2Cl)N2CCN(C3CCCCC3)CC2)cc(C(F)(F)F)c1. The molecule has 10 heteroatoms. The van der Waals surface area contributed by atoms with Gasteiger partial charge in [-0.3, -0.25) is 9.80 Å². The molecule has 37 heavy (non-hydrogen) atoms. The van der Waals surface area contributed by atoms with Gasteiger partial charge in [-0.05, 0) is 61.1 Å². The Morgan fingerprint density at radius 3 is 1.97 bits per heavy atom. The van der Waals surface area contributed by atoms with Gasteiger partial charge in [0.25, 0.3) is 0 Å². The average molecular weight is 567 g/mol. The Labute approximate surface area is 223 Å². The summed E-state index contributed by atoms with van der Waals surface area (Å²) in [5, 5.41) is 0.729. The minimum Gasteiger partial charge on any atom is -0.298 e. The summed E-state index contributed by atoms with van der Waals surface area (Å²) in [6.07, 6.45) is -3.27. The van der Waals surface area contributed by atoms with Gasteiger partial charge in [0.2, 0.25) is 0 Å². The summed E-state index contributed by atoms with van der Waals surface area (Å²) < 4.78 is 80.2. The average Bonchev–Trinajstić information content (AvgIpc) is 2.86. The molecule has 0 radical (unpaired) electrons. The molecule has 0 amide bonds. The maximum absolute atomic E-state index is 13.4. The molecule has 0 N–H and O–H groups in total. The molecule has 204 valence electrons. The van der Waals surface area contributed by atoms with E-state index in [1.165, 1.54) is 32.1 Å². The first-order valence-corrected chi connectivity index (χ1v) is 13.4. The van der Waals surface area contributed by atoms with Crippen molar-refractivity contribution >= 4 is 23.2 Å². The lowest BCUT2D eigenvalue weighted by Gasteiger charge is -2.43. The molecule has 1 saturated heterocycles. The molecule has 2 nitrogen and oxygen atoms in total. The second-order valence-electron chi connectivity index (χ2n) is 9.98. The van der Waals surface area contributed by atoms with Crippen LogP contribution in [0.5, 0.6) is 0 Å². The summed E-state index contributed by atoms with van der Waals surface area (Å²) in [6, 6.07) is 7.34. The highest BCUT2D eigenvalue weighted by atomic mass is 35.5. The van der Waals surface area contributed by atoms with Gasteiger partial charge in [0, 0.05) is 38.3 Å². The van der Waals surface area contributed by atoms with E-state index in [0.29, 0.717) is 22.5 Å². The summed E-state index contributed by atoms with van der Waals surface area (Å²) >= 11 is 12.8. The highest BCUT2D eigenvalue weighted by Gasteiger charge is 2.37. The van der Waals surface area contributed by atoms with Crippen molar-refractivity contribution in [2.45, 2.75) is 69.4 Å². The Balaban J connectivity index is 1.57. The van der Waals surface area contributed by atoms with Gasteiger partial charge in [-0.25, -0.2) is 0 Å². The van der Waals surface area contributed by atoms with Gasteiger partial charge in [-0.1, -0.05) is 54.6 Å². The molecular formula is C27H30Cl2F6N2. The summed E-state index contributed by atoms with van der Waals surface area (Å²) in [5.74, 6) is 0. The van der Waals surface area contributed by atoms with E-state index >= 15 is 0 Å². The standard InChI is InChI=1S/C27H30Cl2F6N2/c28-23-8-4-7-22(25(23)29)24(37-13-11-36(12-14-37)21-5-2-1-3-6-21)10-9-18-15-19(26(30,31)32)17-20(16-18)27(33,34)35/h4,7-8,15-17,21,24H,1-3,5-6,9-14H2. The molecule has 2 aromatic rings. The lowest BCUT2D eigenvalue weighted by molar-refractivity contribution is -0.143. The number of benzene rings is 2. The van der Waals surface area contributed by atoms with Crippen LogP contribution < -0.4 is 0 Å². The number of halogens is 8. The normalized spacial score (nSPS) is 19.8. The van der Waals surface area contributed by atoms with Gasteiger partial charge in [0.05, 0.1) is 21.2 Å². The van der Waals surface area contributed by atoms with Crippen molar-refractivity contribution in [3.05, 3.63) is 68.7 Å². The van der Waals surface area contributed by atoms with Crippen LogP contribution in [0.3, 0.4) is 0 Å². The van der Waals surface area contributed by atoms with Crippen LogP contribution in [0.2, 0.25) is 10.0 Å². The van der Waals surface area contributed by atoms with Crippen LogP contribution >= 0.6 is 23.2 Å². The second kappa shape index (κ2) is 11.7. The Kier molecular flexibility index (Phi) is 9.04. The van der Waals surface area contributed by atoms with Gasteiger partial charge in [0.1, 0.15) is 0 Å². The van der Waals surface area contributed by atoms with Crippen molar-refractivity contribution < 1.29 is 26.3 Å². The van der Waals surface area contributed by atoms with Crippen molar-refractivity contribution in [2.75, 3.05) is 26.2 Å². The van der Waals surface area contributed by atoms with Crippen LogP contribution in [0.15, 0.2) is 36.4 Å². The van der Waals surface area contributed by atoms with Crippen LogP contribution in [0.25, 0.3) is 0 Å². The van der Waals surface area contributed by atoms with Crippen LogP contribution in [0, 0.1) is 0 Å². The number of rotatable bonds is 6. The number of nitrogens with zero attached hydrogens (tertiary/aromatic N) is 2. The van der Waals surface area contributed by atoms with E-state index in [1.54, 1.807) is 12.1 Å². The van der Waals surface area contributed by atoms with Crippen molar-refractivity contribution in [1.29, 1.82) is 0 Å². The third kappa shape index (κ3) is 7.14. The first-order chi connectivity index (χ1) is 17.4. The molecule has 0 aromatic heterocycles. The predicted molar refractivity (Wildman–Crippen MR) is 134 cm³/mol. The third-order valence-corrected chi connectivity index (χ3v) is 8.41. The number of piperazine rings is 1. The summed E-state index contributed by atoms with van der Waals surface area (Å²) in [5.41, 5.74) is -1.86. The summed E-state index contributed by atoms with van der Waals surface area (Å²) in [6.45, 7) is 3.20. The van der Waals surface area contributed by atoms with Crippen molar-refractivity contribution in [2.24, 2.45) is 0 Å². The number of aryl methyl sites for hydroxylation is 1. The van der Waals surface area contributed by atoms with Gasteiger partial charge in [-0.2, -0.15) is 26.3 Å². The first kappa shape index (κ1) is 28.5. The lowest BCUT2D eigenvalue weighted by atomic mass is 9.92. The minimum absolute atomic E-state index is 0.00820. The molecule has 1 unspecified atom stereocenters. The van der Waals surface area contributed by atoms with E-state index in [4.69, 9.17) is 23.2 Å². The molecule has 2 fully saturated rings. The monoisotopic (exact) mass is 566 g/mol. The van der Waals surface area contributed by atoms with Gasteiger partial charge in [-0.15, -0.1) is 0 Å². The fraction of sp³-hybridized carbons (Fsp3) is 0.556. The fourth-order valence-corrected chi connectivity index (χ4v) is 6.07. The van der Waals surface area contributed by atoms with Crippen molar-refractivity contribution in [3.63, 3.8) is 0 Å². The molecule has 4 rings (SSSR count). The number of hydrogen-bond donors (Lipinski definition) is 0. The molecule has 1 saturated carbocycles. The molecule has 1 atom stereocenters. The Bertz CT molecular complexity index is 1030. The highest BCUT2D eigenvalue weighted by Crippen LogP contribution is 2.39. The Morgan fingerprint density at radius 2 is 1.41 bits per heavy atom. The maximum Gasteiger partial charge on any atom is 0.416 e. The third-order valence-electron chi connectivity index (χ3n) is 7.58. The van der Waals surface area contributed by atoms with E-state index in [2.05, 4.69) is 9.80 Å². The Morgan fingerprint density at radius 1 is 0.811 bits per heavy atom. The van der Waals surface area contributed by atoms with Crippen LogP contribution in [-0.2, 0) is 18.8 Å².